The molecule has 4 rings (SSSR count). The minimum Gasteiger partial charge on any atom is -0.497 e. The molecule has 0 saturated heterocycles. The van der Waals surface area contributed by atoms with E-state index < -0.39 is 6.04 Å². The van der Waals surface area contributed by atoms with Gasteiger partial charge in [0.1, 0.15) is 17.6 Å². The van der Waals surface area contributed by atoms with Gasteiger partial charge in [-0.25, -0.2) is 4.57 Å². The number of nitriles is 1. The largest absolute Gasteiger partial charge is 0.497 e. The minimum atomic E-state index is -0.413. The summed E-state index contributed by atoms with van der Waals surface area (Å²) >= 11 is 0. The number of fused-ring (bicyclic) bond motifs is 1. The Kier molecular flexibility index (Phi) is 3.74. The zero-order valence-corrected chi connectivity index (χ0v) is 13.9. The van der Waals surface area contributed by atoms with Gasteiger partial charge >= 0.3 is 0 Å². The molecule has 26 heavy (non-hydrogen) atoms. The number of hydrogen-bond donors (Lipinski definition) is 2. The average molecular weight is 345 g/mol. The third kappa shape index (κ3) is 2.43. The van der Waals surface area contributed by atoms with Crippen molar-refractivity contribution in [2.75, 3.05) is 12.4 Å². The van der Waals surface area contributed by atoms with Gasteiger partial charge in [0, 0.05) is 18.0 Å². The number of benzene rings is 1. The van der Waals surface area contributed by atoms with Crippen molar-refractivity contribution in [3.05, 3.63) is 59.9 Å². The van der Waals surface area contributed by atoms with Crippen molar-refractivity contribution in [3.63, 3.8) is 0 Å². The molecule has 0 bridgehead atoms. The third-order valence-corrected chi connectivity index (χ3v) is 4.23. The van der Waals surface area contributed by atoms with Crippen LogP contribution in [0.2, 0.25) is 0 Å². The molecule has 3 aromatic rings. The summed E-state index contributed by atoms with van der Waals surface area (Å²) in [7, 11) is 1.61. The lowest BCUT2D eigenvalue weighted by molar-refractivity contribution is 0.414. The number of ether oxygens (including phenoxy) is 1. The summed E-state index contributed by atoms with van der Waals surface area (Å²) in [6.45, 7) is 0. The molecule has 1 atom stereocenters. The van der Waals surface area contributed by atoms with Crippen molar-refractivity contribution in [1.82, 2.24) is 19.7 Å². The van der Waals surface area contributed by atoms with E-state index in [0.29, 0.717) is 23.2 Å². The predicted molar refractivity (Wildman–Crippen MR) is 95.6 cm³/mol. The molecule has 0 spiro atoms. The van der Waals surface area contributed by atoms with E-state index in [0.717, 1.165) is 16.9 Å². The highest BCUT2D eigenvalue weighted by Crippen LogP contribution is 2.36. The number of aromatic nitrogens is 4. The van der Waals surface area contributed by atoms with Gasteiger partial charge in [0.15, 0.2) is 5.82 Å². The number of hydrogen-bond acceptors (Lipinski definition) is 7. The molecule has 3 heterocycles. The molecule has 128 valence electrons. The van der Waals surface area contributed by atoms with Gasteiger partial charge in [-0.2, -0.15) is 5.26 Å². The Hall–Kier alpha value is -3.86. The maximum absolute atomic E-state index is 9.70. The fourth-order valence-corrected chi connectivity index (χ4v) is 2.93. The fraction of sp³-hybridized carbons (Fsp3) is 0.111. The lowest BCUT2D eigenvalue weighted by Gasteiger charge is -2.26. The van der Waals surface area contributed by atoms with Gasteiger partial charge in [0.05, 0.1) is 18.7 Å². The Bertz CT molecular complexity index is 1020. The van der Waals surface area contributed by atoms with E-state index in [1.54, 1.807) is 30.1 Å². The maximum Gasteiger partial charge on any atom is 0.231 e. The first-order chi connectivity index (χ1) is 12.7. The number of methoxy groups -OCH3 is 1. The van der Waals surface area contributed by atoms with Gasteiger partial charge in [-0.3, -0.25) is 4.98 Å². The molecule has 0 amide bonds. The van der Waals surface area contributed by atoms with Crippen LogP contribution in [-0.4, -0.2) is 26.9 Å². The maximum atomic E-state index is 9.70. The summed E-state index contributed by atoms with van der Waals surface area (Å²) in [4.78, 5) is 4.10. The van der Waals surface area contributed by atoms with E-state index in [1.165, 1.54) is 0 Å². The van der Waals surface area contributed by atoms with Crippen molar-refractivity contribution < 1.29 is 4.74 Å². The first kappa shape index (κ1) is 15.7. The van der Waals surface area contributed by atoms with E-state index >= 15 is 0 Å². The predicted octanol–water partition coefficient (Wildman–Crippen LogP) is 2.17. The third-order valence-electron chi connectivity index (χ3n) is 4.23. The second-order valence-electron chi connectivity index (χ2n) is 5.69. The topological polar surface area (TPSA) is 115 Å². The molecule has 2 aromatic heterocycles. The van der Waals surface area contributed by atoms with Crippen molar-refractivity contribution >= 4 is 11.8 Å². The number of pyridine rings is 1. The Labute approximate surface area is 149 Å². The van der Waals surface area contributed by atoms with Gasteiger partial charge in [-0.15, -0.1) is 10.2 Å². The Morgan fingerprint density at radius 2 is 2.04 bits per heavy atom. The van der Waals surface area contributed by atoms with E-state index in [9.17, 15) is 5.26 Å². The molecule has 0 fully saturated rings. The van der Waals surface area contributed by atoms with Gasteiger partial charge < -0.3 is 15.8 Å². The van der Waals surface area contributed by atoms with Crippen molar-refractivity contribution in [2.45, 2.75) is 6.04 Å². The quantitative estimate of drug-likeness (QED) is 0.747. The molecule has 8 heteroatoms. The molecule has 1 unspecified atom stereocenters. The summed E-state index contributed by atoms with van der Waals surface area (Å²) in [5, 5.41) is 21.3. The van der Waals surface area contributed by atoms with Crippen LogP contribution in [0.5, 0.6) is 5.75 Å². The highest BCUT2D eigenvalue weighted by Gasteiger charge is 2.30. The second kappa shape index (κ2) is 6.22. The van der Waals surface area contributed by atoms with Crippen LogP contribution in [0.4, 0.5) is 5.95 Å². The molecule has 1 aliphatic heterocycles. The fourth-order valence-electron chi connectivity index (χ4n) is 2.93. The van der Waals surface area contributed by atoms with E-state index in [4.69, 9.17) is 10.5 Å². The SMILES string of the molecule is COc1ccc(C2Nc3nnc(-c4cccnc4)n3C(N)=C2C#N)cc1. The van der Waals surface area contributed by atoms with Crippen LogP contribution in [-0.2, 0) is 0 Å². The first-order valence-corrected chi connectivity index (χ1v) is 7.89. The Morgan fingerprint density at radius 1 is 1.23 bits per heavy atom. The lowest BCUT2D eigenvalue weighted by Crippen LogP contribution is -2.26. The summed E-state index contributed by atoms with van der Waals surface area (Å²) in [6.07, 6.45) is 3.35. The lowest BCUT2D eigenvalue weighted by atomic mass is 9.98. The van der Waals surface area contributed by atoms with Crippen LogP contribution in [0.3, 0.4) is 0 Å². The Balaban J connectivity index is 1.81. The first-order valence-electron chi connectivity index (χ1n) is 7.89. The molecule has 8 nitrogen and oxygen atoms in total. The van der Waals surface area contributed by atoms with Crippen LogP contribution in [0.15, 0.2) is 54.4 Å². The molecule has 1 aromatic carbocycles. The van der Waals surface area contributed by atoms with Crippen molar-refractivity contribution in [2.24, 2.45) is 5.73 Å². The zero-order chi connectivity index (χ0) is 18.1. The molecule has 0 aliphatic carbocycles. The van der Waals surface area contributed by atoms with E-state index in [2.05, 4.69) is 26.6 Å². The van der Waals surface area contributed by atoms with Gasteiger partial charge in [-0.05, 0) is 29.8 Å². The smallest absolute Gasteiger partial charge is 0.231 e. The van der Waals surface area contributed by atoms with Gasteiger partial charge in [0.25, 0.3) is 0 Å². The van der Waals surface area contributed by atoms with Crippen LogP contribution in [0.25, 0.3) is 17.2 Å². The molecular formula is C18H15N7O. The standard InChI is InChI=1S/C18H15N7O/c1-26-13-6-4-11(5-7-13)15-14(9-19)16(20)25-17(23-24-18(25)22-15)12-3-2-8-21-10-12/h2-8,10,15H,20H2,1H3,(H,22,24). The molecule has 0 radical (unpaired) electrons. The zero-order valence-electron chi connectivity index (χ0n) is 13.9. The normalized spacial score (nSPS) is 15.8. The summed E-state index contributed by atoms with van der Waals surface area (Å²) in [6, 6.07) is 12.9. The summed E-state index contributed by atoms with van der Waals surface area (Å²) < 4.78 is 6.82. The summed E-state index contributed by atoms with van der Waals surface area (Å²) in [5.74, 6) is 2.04. The minimum absolute atomic E-state index is 0.297. The van der Waals surface area contributed by atoms with E-state index in [-0.39, 0.29) is 0 Å². The molecule has 1 aliphatic rings. The van der Waals surface area contributed by atoms with Crippen LogP contribution < -0.4 is 15.8 Å². The van der Waals surface area contributed by atoms with Crippen LogP contribution in [0, 0.1) is 11.3 Å². The average Bonchev–Trinajstić information content (AvgIpc) is 3.13. The van der Waals surface area contributed by atoms with Crippen molar-refractivity contribution in [1.29, 1.82) is 5.26 Å². The number of nitrogens with zero attached hydrogens (tertiary/aromatic N) is 5. The highest BCUT2D eigenvalue weighted by molar-refractivity contribution is 5.72. The number of nitrogens with one attached hydrogen (secondary N) is 1. The van der Waals surface area contributed by atoms with Crippen molar-refractivity contribution in [3.8, 4) is 23.2 Å². The monoisotopic (exact) mass is 345 g/mol. The van der Waals surface area contributed by atoms with Crippen LogP contribution >= 0.6 is 0 Å². The summed E-state index contributed by atoms with van der Waals surface area (Å²) in [5.41, 5.74) is 8.36. The number of rotatable bonds is 3. The molecular weight excluding hydrogens is 330 g/mol. The highest BCUT2D eigenvalue weighted by atomic mass is 16.5. The molecule has 0 saturated carbocycles. The number of nitrogens with two attached hydrogens (primary N) is 1. The molecule has 3 N–H and O–H groups in total. The number of anilines is 1. The van der Waals surface area contributed by atoms with Gasteiger partial charge in [0.2, 0.25) is 5.95 Å². The second-order valence-corrected chi connectivity index (χ2v) is 5.69. The van der Waals surface area contributed by atoms with Crippen LogP contribution in [0.1, 0.15) is 11.6 Å². The Morgan fingerprint density at radius 3 is 2.69 bits per heavy atom. The van der Waals surface area contributed by atoms with Gasteiger partial charge in [-0.1, -0.05) is 12.1 Å². The van der Waals surface area contributed by atoms with E-state index in [1.807, 2.05) is 30.3 Å².